The second kappa shape index (κ2) is 0. The first-order chi connectivity index (χ1) is 11.8. The molecule has 0 saturated heterocycles. The van der Waals surface area contributed by atoms with E-state index in [4.69, 9.17) is 5.48 Å². The van der Waals surface area contributed by atoms with Crippen molar-refractivity contribution in [2.45, 2.75) is 154 Å². The summed E-state index contributed by atoms with van der Waals surface area (Å²) in [6, 6.07) is 0. The molecule has 0 N–H and O–H groups in total. The van der Waals surface area contributed by atoms with Gasteiger partial charge in [0.15, 0.2) is 0 Å². The van der Waals surface area contributed by atoms with E-state index in [9.17, 15) is 0 Å². The molecule has 0 unspecified atom stereocenters. The second-order valence-corrected chi connectivity index (χ2v) is 0. The quantitative estimate of drug-likeness (QED) is 0.410. The average Bonchev–Trinajstić information content (AvgIpc) is 2.76. The topological polar surface area (TPSA) is 0 Å². The highest BCUT2D eigenvalue weighted by atomic mass is 13.0. The fourth-order valence-electron chi connectivity index (χ4n) is 0. The van der Waals surface area contributed by atoms with Crippen LogP contribution in [0.2, 0.25) is 0 Å². The predicted octanol–water partition coefficient (Wildman–Crippen LogP) is 11.8. The summed E-state index contributed by atoms with van der Waals surface area (Å²) in [4.78, 5) is 0. The Morgan fingerprint density at radius 1 is 0.273 bits per heavy atom. The summed E-state index contributed by atoms with van der Waals surface area (Å²) in [5.41, 5.74) is 0. The van der Waals surface area contributed by atoms with Gasteiger partial charge in [-0.25, -0.2) is 0 Å². The van der Waals surface area contributed by atoms with Gasteiger partial charge in [-0.2, -0.15) is 0 Å². The van der Waals surface area contributed by atoms with Crippen LogP contribution in [0.1, 0.15) is 160 Å². The van der Waals surface area contributed by atoms with Crippen molar-refractivity contribution >= 4 is 0 Å². The van der Waals surface area contributed by atoms with Crippen molar-refractivity contribution in [1.82, 2.24) is 0 Å². The summed E-state index contributed by atoms with van der Waals surface area (Å²) >= 11 is 0. The maximum atomic E-state index is 5.88. The molecule has 0 heteroatoms. The molecule has 0 radical (unpaired) electrons. The minimum atomic E-state index is -0.250. The molecule has 0 saturated carbocycles. The fourth-order valence-corrected chi connectivity index (χ4v) is 0. The van der Waals surface area contributed by atoms with Crippen LogP contribution in [0.4, 0.5) is 0 Å². The summed E-state index contributed by atoms with van der Waals surface area (Å²) in [6.45, 7) is 36.0. The highest BCUT2D eigenvalue weighted by Crippen LogP contribution is 1.16. The molecule has 0 heterocycles. The lowest BCUT2D eigenvalue weighted by atomic mass is 11.0. The van der Waals surface area contributed by atoms with Crippen LogP contribution < -0.4 is 0 Å². The minimum absolute atomic E-state index is 0. The molecule has 0 amide bonds. The molecule has 0 atom stereocenters. The third-order valence-electron chi connectivity index (χ3n) is 0. The molecule has 0 rings (SSSR count). The normalized spacial score (nSPS) is 4.27. The van der Waals surface area contributed by atoms with Gasteiger partial charge in [-0.05, 0) is 0 Å². The first-order valence-corrected chi connectivity index (χ1v) is 9.00. The van der Waals surface area contributed by atoms with Gasteiger partial charge in [-0.3, -0.25) is 0 Å². The Morgan fingerprint density at radius 3 is 0.273 bits per heavy atom. The Hall–Kier alpha value is 0. The Morgan fingerprint density at radius 2 is 0.273 bits per heavy atom. The van der Waals surface area contributed by atoms with Gasteiger partial charge < -0.3 is 0 Å². The molecular weight excluding hydrogens is 264 g/mol. The molecule has 0 aromatic rings. The van der Waals surface area contributed by atoms with E-state index in [0.29, 0.717) is 0 Å². The van der Waals surface area contributed by atoms with Crippen molar-refractivity contribution in [2.75, 3.05) is 0 Å². The lowest BCUT2D eigenvalue weighted by molar-refractivity contribution is 1.50. The zero-order valence-electron chi connectivity index (χ0n) is 23.4. The van der Waals surface area contributed by atoms with E-state index in [1.54, 1.807) is 0 Å². The lowest BCUT2D eigenvalue weighted by Crippen LogP contribution is -0.856. The maximum absolute atomic E-state index is 5.88. The van der Waals surface area contributed by atoms with Crippen molar-refractivity contribution in [2.24, 2.45) is 0 Å². The fraction of sp³-hybridized carbons (Fsp3) is 1.00. The molecule has 0 bridgehead atoms. The Kier molecular flexibility index (Phi) is 0. The molecule has 22 heavy (non-hydrogen) atoms. The zero-order chi connectivity index (χ0) is 23.4. The third-order valence-corrected chi connectivity index (χ3v) is 0. The van der Waals surface area contributed by atoms with Gasteiger partial charge in [-0.15, -0.1) is 0 Å². The number of hydrogen-bond donors (Lipinski definition) is 0. The van der Waals surface area contributed by atoms with Crippen molar-refractivity contribution in [3.63, 3.8) is 0 Å². The summed E-state index contributed by atoms with van der Waals surface area (Å²) in [5, 5.41) is 0. The van der Waals surface area contributed by atoms with E-state index in [2.05, 4.69) is 0 Å². The van der Waals surface area contributed by atoms with Crippen LogP contribution in [0, 0.1) is 0 Å². The van der Waals surface area contributed by atoms with E-state index in [-0.39, 0.29) is 29.6 Å². The summed E-state index contributed by atoms with van der Waals surface area (Å²) in [7, 11) is -0.500. The van der Waals surface area contributed by atoms with Gasteiger partial charge in [0, 0.05) is 5.48 Å². The van der Waals surface area contributed by atoms with Gasteiger partial charge in [0.25, 0.3) is 0 Å². The monoisotopic (exact) mass is 343 g/mol. The van der Waals surface area contributed by atoms with Gasteiger partial charge >= 0.3 is 0 Å². The van der Waals surface area contributed by atoms with Crippen LogP contribution >= 0.6 is 0 Å². The van der Waals surface area contributed by atoms with Gasteiger partial charge in [0.2, 0.25) is 0 Å². The number of rotatable bonds is 0. The van der Waals surface area contributed by atoms with E-state index in [1.165, 1.54) is 0 Å². The van der Waals surface area contributed by atoms with Crippen LogP contribution in [-0.4, -0.2) is 0 Å². The molecule has 0 spiro atoms. The van der Waals surface area contributed by atoms with Crippen LogP contribution in [0.5, 0.6) is 0 Å². The van der Waals surface area contributed by atoms with Gasteiger partial charge in [-0.1, -0.05) is 154 Å². The minimum Gasteiger partial charge on any atom is -0.0776 e. The van der Waals surface area contributed by atoms with Crippen LogP contribution in [0.25, 0.3) is 0 Å². The number of hydrogen-bond acceptors (Lipinski definition) is 0. The Bertz CT molecular complexity index is 18.1. The van der Waals surface area contributed by atoms with Crippen LogP contribution in [-0.2, 0) is 0 Å². The molecule has 0 aliphatic rings. The van der Waals surface area contributed by atoms with E-state index >= 15 is 0 Å². The zero-order valence-corrected chi connectivity index (χ0v) is 19.4. The van der Waals surface area contributed by atoms with Crippen molar-refractivity contribution < 1.29 is 5.48 Å². The first kappa shape index (κ1) is 57.4. The van der Waals surface area contributed by atoms with Crippen molar-refractivity contribution in [3.05, 3.63) is 0 Å². The smallest absolute Gasteiger partial charge is 0.0194 e. The van der Waals surface area contributed by atoms with Crippen LogP contribution in [0.3, 0.4) is 0 Å². The molecular formula is C22H70. The Balaban J connectivity index is -0.00000000649. The molecule has 0 aromatic heterocycles. The van der Waals surface area contributed by atoms with E-state index in [0.717, 1.165) is 0 Å². The van der Waals surface area contributed by atoms with Gasteiger partial charge in [0.05, 0.1) is 0 Å². The molecule has 0 aromatic carbocycles. The first-order valence-electron chi connectivity index (χ1n) is 11.8. The average molecular weight is 343 g/mol. The van der Waals surface area contributed by atoms with E-state index < -0.39 is 0 Å². The SMILES string of the molecule is C.C.CC.CC.CC.CC.CC.CC.CC.CC.CC.[3H]C[3H].[3H]C[3H]. The second-order valence-electron chi connectivity index (χ2n) is 0. The summed E-state index contributed by atoms with van der Waals surface area (Å²) in [5.74, 6) is 0. The van der Waals surface area contributed by atoms with Crippen molar-refractivity contribution in [1.29, 1.82) is 0 Å². The molecule has 0 aliphatic carbocycles. The molecule has 0 nitrogen and oxygen atoms in total. The Labute approximate surface area is 160 Å². The highest BCUT2D eigenvalue weighted by Gasteiger charge is 0.948. The third kappa shape index (κ3) is 0. The molecule has 158 valence electrons. The van der Waals surface area contributed by atoms with Gasteiger partial charge in [0.1, 0.15) is 0 Å². The van der Waals surface area contributed by atoms with Crippen molar-refractivity contribution in [3.8, 4) is 0 Å². The highest BCUT2D eigenvalue weighted by molar-refractivity contribution is 3.52. The molecule has 0 aliphatic heterocycles. The predicted molar refractivity (Wildman–Crippen MR) is 129 cm³/mol. The van der Waals surface area contributed by atoms with E-state index in [1.807, 2.05) is 125 Å². The summed E-state index contributed by atoms with van der Waals surface area (Å²) in [6.07, 6.45) is 0. The standard InChI is InChI=1S/9C2H6.4CH4/c9*1-2;;;;/h9*1-2H3;4*1H4/i;;;;;;;;;2*1T2;;. The maximum Gasteiger partial charge on any atom is 0.0194 e. The summed E-state index contributed by atoms with van der Waals surface area (Å²) < 4.78 is 23.5. The lowest BCUT2D eigenvalue weighted by Gasteiger charge is -1.07. The molecule has 0 fully saturated rings. The largest absolute Gasteiger partial charge is 0.0776 e. The van der Waals surface area contributed by atoms with Crippen LogP contribution in [0.15, 0.2) is 0 Å².